The number of aliphatic imine (C=N–C) groups is 1. The molecule has 1 amide bonds. The minimum Gasteiger partial charge on any atom is -0.475 e. The summed E-state index contributed by atoms with van der Waals surface area (Å²) >= 11 is 0. The van der Waals surface area contributed by atoms with Crippen molar-refractivity contribution in [2.45, 2.75) is 51.2 Å². The summed E-state index contributed by atoms with van der Waals surface area (Å²) in [4.78, 5) is 27.9. The van der Waals surface area contributed by atoms with E-state index in [1.165, 1.54) is 24.3 Å². The number of sulfonamides is 1. The molecule has 0 spiro atoms. The first-order valence-corrected chi connectivity index (χ1v) is 13.7. The minimum absolute atomic E-state index is 0.0358. The van der Waals surface area contributed by atoms with Crippen LogP contribution < -0.4 is 15.4 Å². The molecule has 1 saturated heterocycles. The van der Waals surface area contributed by atoms with Gasteiger partial charge in [0.05, 0.1) is 17.4 Å². The number of nitrogens with two attached hydrogens (primary N) is 1. The smallest absolute Gasteiger partial charge is 0.281 e. The molecule has 37 heavy (non-hydrogen) atoms. The molecular weight excluding hydrogens is 492 g/mol. The van der Waals surface area contributed by atoms with E-state index in [1.54, 1.807) is 24.4 Å². The number of nitrogens with one attached hydrogen (secondary N) is 1. The van der Waals surface area contributed by atoms with Gasteiger partial charge in [-0.1, -0.05) is 26.0 Å². The highest BCUT2D eigenvalue weighted by Gasteiger charge is 2.27. The molecule has 1 fully saturated rings. The zero-order chi connectivity index (χ0) is 27.0. The molecule has 0 aliphatic carbocycles. The zero-order valence-electron chi connectivity index (χ0n) is 21.4. The van der Waals surface area contributed by atoms with Gasteiger partial charge in [0, 0.05) is 19.3 Å². The largest absolute Gasteiger partial charge is 0.475 e. The molecule has 0 radical (unpaired) electrons. The average Bonchev–Trinajstić information content (AvgIpc) is 2.87. The normalized spacial score (nSPS) is 15.2. The minimum atomic E-state index is -4.23. The van der Waals surface area contributed by atoms with Crippen molar-refractivity contribution < 1.29 is 17.9 Å². The van der Waals surface area contributed by atoms with E-state index in [1.807, 2.05) is 18.7 Å². The predicted molar refractivity (Wildman–Crippen MR) is 146 cm³/mol. The van der Waals surface area contributed by atoms with E-state index in [4.69, 9.17) is 10.5 Å². The molecule has 11 heteroatoms. The van der Waals surface area contributed by atoms with E-state index >= 15 is 0 Å². The van der Waals surface area contributed by atoms with Gasteiger partial charge >= 0.3 is 0 Å². The molecule has 3 rings (SSSR count). The van der Waals surface area contributed by atoms with Crippen molar-refractivity contribution in [1.82, 2.24) is 14.7 Å². The van der Waals surface area contributed by atoms with Gasteiger partial charge in [-0.15, -0.1) is 0 Å². The number of carbonyl (C=O) groups excluding carboxylic acids is 1. The second-order valence-electron chi connectivity index (χ2n) is 8.94. The number of amides is 1. The SMILES string of the molecule is C=CC(=N/C=C/c1ccc(C(=O)NS(=O)(=O)c2cccc(N)n2)c(N2CCC(CC)CC2)n1)OC(C)C. The van der Waals surface area contributed by atoms with Gasteiger partial charge in [0.15, 0.2) is 5.03 Å². The van der Waals surface area contributed by atoms with Gasteiger partial charge in [-0.05, 0) is 69.0 Å². The Morgan fingerprint density at radius 1 is 1.27 bits per heavy atom. The highest BCUT2D eigenvalue weighted by atomic mass is 32.2. The Bertz CT molecular complexity index is 1280. The second-order valence-corrected chi connectivity index (χ2v) is 10.6. The number of ether oxygens (including phenoxy) is 1. The lowest BCUT2D eigenvalue weighted by atomic mass is 9.94. The number of rotatable bonds is 9. The quantitative estimate of drug-likeness (QED) is 0.372. The van der Waals surface area contributed by atoms with Crippen LogP contribution in [0.3, 0.4) is 0 Å². The fourth-order valence-electron chi connectivity index (χ4n) is 3.90. The fourth-order valence-corrected chi connectivity index (χ4v) is 4.84. The summed E-state index contributed by atoms with van der Waals surface area (Å²) in [6.07, 6.45) is 7.72. The van der Waals surface area contributed by atoms with Gasteiger partial charge in [0.25, 0.3) is 15.9 Å². The van der Waals surface area contributed by atoms with Crippen LogP contribution in [0.2, 0.25) is 0 Å². The highest BCUT2D eigenvalue weighted by Crippen LogP contribution is 2.27. The van der Waals surface area contributed by atoms with Crippen LogP contribution in [-0.2, 0) is 14.8 Å². The Morgan fingerprint density at radius 3 is 2.62 bits per heavy atom. The number of piperidine rings is 1. The molecule has 3 heterocycles. The highest BCUT2D eigenvalue weighted by molar-refractivity contribution is 7.90. The molecule has 2 aromatic heterocycles. The first-order chi connectivity index (χ1) is 17.6. The number of pyridine rings is 2. The molecular formula is C26H34N6O4S. The van der Waals surface area contributed by atoms with Gasteiger partial charge in [-0.2, -0.15) is 8.42 Å². The summed E-state index contributed by atoms with van der Waals surface area (Å²) in [5, 5.41) is -0.335. The van der Waals surface area contributed by atoms with E-state index in [9.17, 15) is 13.2 Å². The fraction of sp³-hybridized carbons (Fsp3) is 0.385. The molecule has 0 bridgehead atoms. The van der Waals surface area contributed by atoms with E-state index in [-0.39, 0.29) is 22.5 Å². The van der Waals surface area contributed by atoms with Gasteiger partial charge in [-0.25, -0.2) is 19.7 Å². The third kappa shape index (κ3) is 7.63. The molecule has 1 aliphatic rings. The summed E-state index contributed by atoms with van der Waals surface area (Å²) in [6, 6.07) is 7.39. The van der Waals surface area contributed by atoms with Crippen LogP contribution in [-0.4, -0.2) is 49.4 Å². The second kappa shape index (κ2) is 12.5. The first kappa shape index (κ1) is 27.9. The molecule has 0 unspecified atom stereocenters. The molecule has 0 atom stereocenters. The maximum Gasteiger partial charge on any atom is 0.281 e. The molecule has 0 saturated carbocycles. The first-order valence-electron chi connectivity index (χ1n) is 12.2. The third-order valence-corrected chi connectivity index (χ3v) is 7.09. The van der Waals surface area contributed by atoms with Crippen LogP contribution in [0.25, 0.3) is 6.08 Å². The van der Waals surface area contributed by atoms with Crippen molar-refractivity contribution in [2.24, 2.45) is 10.9 Å². The standard InChI is InChI=1S/C26H34N6O4S/c1-5-19-13-16-32(17-14-19)25-21(26(33)31-37(34,35)24-9-7-8-22(27)30-24)11-10-20(29-25)12-15-28-23(6-2)36-18(3)4/h6-12,15,18-19H,2,5,13-14,16-17H2,1,3-4H3,(H2,27,30)(H,31,33)/b15-12+,28-23?. The number of nitrogens with zero attached hydrogens (tertiary/aromatic N) is 4. The number of hydrogen-bond donors (Lipinski definition) is 2. The number of carbonyl (C=O) groups is 1. The van der Waals surface area contributed by atoms with Crippen LogP contribution >= 0.6 is 0 Å². The monoisotopic (exact) mass is 526 g/mol. The summed E-state index contributed by atoms with van der Waals surface area (Å²) in [6.45, 7) is 11.1. The van der Waals surface area contributed by atoms with Crippen LogP contribution in [0.4, 0.5) is 11.6 Å². The van der Waals surface area contributed by atoms with Crippen molar-refractivity contribution in [3.8, 4) is 0 Å². The van der Waals surface area contributed by atoms with Crippen molar-refractivity contribution in [2.75, 3.05) is 23.7 Å². The Morgan fingerprint density at radius 2 is 2.00 bits per heavy atom. The maximum atomic E-state index is 13.2. The number of anilines is 2. The topological polar surface area (TPSA) is 140 Å². The number of aromatic nitrogens is 2. The average molecular weight is 527 g/mol. The lowest BCUT2D eigenvalue weighted by molar-refractivity contribution is 0.0981. The van der Waals surface area contributed by atoms with E-state index < -0.39 is 15.9 Å². The maximum absolute atomic E-state index is 13.2. The summed E-state index contributed by atoms with van der Waals surface area (Å²) < 4.78 is 33.2. The van der Waals surface area contributed by atoms with Crippen LogP contribution in [0.1, 0.15) is 56.1 Å². The van der Waals surface area contributed by atoms with Crippen molar-refractivity contribution >= 4 is 39.5 Å². The Kier molecular flexibility index (Phi) is 9.40. The van der Waals surface area contributed by atoms with Crippen LogP contribution in [0.15, 0.2) is 59.2 Å². The van der Waals surface area contributed by atoms with Gasteiger partial charge in [-0.3, -0.25) is 4.79 Å². The van der Waals surface area contributed by atoms with Gasteiger partial charge in [0.1, 0.15) is 11.6 Å². The van der Waals surface area contributed by atoms with Crippen LogP contribution in [0.5, 0.6) is 0 Å². The summed E-state index contributed by atoms with van der Waals surface area (Å²) in [5.41, 5.74) is 6.32. The van der Waals surface area contributed by atoms with Crippen molar-refractivity contribution in [3.05, 3.63) is 60.4 Å². The van der Waals surface area contributed by atoms with E-state index in [0.29, 0.717) is 36.4 Å². The number of hydrogen-bond acceptors (Lipinski definition) is 9. The van der Waals surface area contributed by atoms with Gasteiger partial charge < -0.3 is 15.4 Å². The molecule has 2 aromatic rings. The lowest BCUT2D eigenvalue weighted by Gasteiger charge is -2.33. The van der Waals surface area contributed by atoms with E-state index in [0.717, 1.165) is 19.3 Å². The Hall–Kier alpha value is -3.73. The molecule has 0 aromatic carbocycles. The van der Waals surface area contributed by atoms with Crippen LogP contribution in [0, 0.1) is 5.92 Å². The van der Waals surface area contributed by atoms with Crippen molar-refractivity contribution in [3.63, 3.8) is 0 Å². The lowest BCUT2D eigenvalue weighted by Crippen LogP contribution is -2.37. The Balaban J connectivity index is 1.91. The summed E-state index contributed by atoms with van der Waals surface area (Å²) in [7, 11) is -4.23. The molecule has 198 valence electrons. The number of nitrogen functional groups attached to an aromatic ring is 1. The third-order valence-electron chi connectivity index (χ3n) is 5.86. The van der Waals surface area contributed by atoms with Gasteiger partial charge in [0.2, 0.25) is 5.90 Å². The predicted octanol–water partition coefficient (Wildman–Crippen LogP) is 3.78. The van der Waals surface area contributed by atoms with E-state index in [2.05, 4.69) is 33.2 Å². The molecule has 3 N–H and O–H groups in total. The summed E-state index contributed by atoms with van der Waals surface area (Å²) in [5.74, 6) is 0.644. The van der Waals surface area contributed by atoms with Crippen molar-refractivity contribution in [1.29, 1.82) is 0 Å². The molecule has 1 aliphatic heterocycles. The zero-order valence-corrected chi connectivity index (χ0v) is 22.2. The Labute approximate surface area is 218 Å². The molecule has 10 nitrogen and oxygen atoms in total.